The van der Waals surface area contributed by atoms with Crippen LogP contribution in [0.25, 0.3) is 0 Å². The van der Waals surface area contributed by atoms with E-state index in [1.807, 2.05) is 45.0 Å². The van der Waals surface area contributed by atoms with Gasteiger partial charge in [0.25, 0.3) is 0 Å². The molecule has 0 heterocycles. The van der Waals surface area contributed by atoms with Crippen molar-refractivity contribution in [1.29, 1.82) is 0 Å². The lowest BCUT2D eigenvalue weighted by atomic mass is 10.1. The minimum Gasteiger partial charge on any atom is -0.331 e. The lowest BCUT2D eigenvalue weighted by Gasteiger charge is -2.17. The summed E-state index contributed by atoms with van der Waals surface area (Å²) < 4.78 is 0. The standard InChI is InChI=1S/C17H18Cl2N2O/c1-10-4-5-11(2)16(8-10)21-17(22)20-12(3)14-7-6-13(18)9-15(14)19/h4-9,12H,1-3H3,(H2,20,21,22)/t12-/m1/s1. The van der Waals surface area contributed by atoms with Gasteiger partial charge in [0.15, 0.2) is 0 Å². The van der Waals surface area contributed by atoms with Crippen LogP contribution in [0.3, 0.4) is 0 Å². The zero-order valence-corrected chi connectivity index (χ0v) is 14.2. The van der Waals surface area contributed by atoms with Crippen molar-refractivity contribution >= 4 is 34.9 Å². The first-order chi connectivity index (χ1) is 10.4. The van der Waals surface area contributed by atoms with Crippen molar-refractivity contribution in [3.05, 3.63) is 63.1 Å². The predicted molar refractivity (Wildman–Crippen MR) is 92.9 cm³/mol. The molecule has 0 aliphatic heterocycles. The fraction of sp³-hybridized carbons (Fsp3) is 0.235. The normalized spacial score (nSPS) is 11.9. The SMILES string of the molecule is Cc1ccc(C)c(NC(=O)N[C@H](C)c2ccc(Cl)cc2Cl)c1. The van der Waals surface area contributed by atoms with E-state index in [4.69, 9.17) is 23.2 Å². The Morgan fingerprint density at radius 1 is 1.09 bits per heavy atom. The third-order valence-corrected chi connectivity index (χ3v) is 3.98. The average Bonchev–Trinajstić information content (AvgIpc) is 2.42. The van der Waals surface area contributed by atoms with Crippen LogP contribution >= 0.6 is 23.2 Å². The van der Waals surface area contributed by atoms with Gasteiger partial charge >= 0.3 is 6.03 Å². The molecular weight excluding hydrogens is 319 g/mol. The number of aryl methyl sites for hydroxylation is 2. The van der Waals surface area contributed by atoms with E-state index < -0.39 is 0 Å². The molecule has 0 fully saturated rings. The Morgan fingerprint density at radius 2 is 1.82 bits per heavy atom. The molecule has 2 N–H and O–H groups in total. The molecule has 22 heavy (non-hydrogen) atoms. The second-order valence-corrected chi connectivity index (χ2v) is 6.15. The summed E-state index contributed by atoms with van der Waals surface area (Å²) in [5, 5.41) is 6.84. The van der Waals surface area contributed by atoms with Gasteiger partial charge < -0.3 is 10.6 Å². The van der Waals surface area contributed by atoms with E-state index in [1.165, 1.54) is 0 Å². The van der Waals surface area contributed by atoms with Crippen molar-refractivity contribution < 1.29 is 4.79 Å². The maximum absolute atomic E-state index is 12.1. The smallest absolute Gasteiger partial charge is 0.319 e. The first-order valence-electron chi connectivity index (χ1n) is 6.96. The van der Waals surface area contributed by atoms with E-state index in [0.717, 1.165) is 22.4 Å². The van der Waals surface area contributed by atoms with Crippen molar-refractivity contribution in [2.45, 2.75) is 26.8 Å². The summed E-state index contributed by atoms with van der Waals surface area (Å²) in [4.78, 5) is 12.1. The molecule has 116 valence electrons. The van der Waals surface area contributed by atoms with Gasteiger partial charge in [-0.2, -0.15) is 0 Å². The Labute approximate surface area is 140 Å². The van der Waals surface area contributed by atoms with Crippen LogP contribution < -0.4 is 10.6 Å². The summed E-state index contributed by atoms with van der Waals surface area (Å²) in [5.74, 6) is 0. The highest BCUT2D eigenvalue weighted by Crippen LogP contribution is 2.26. The van der Waals surface area contributed by atoms with Gasteiger partial charge in [0.2, 0.25) is 0 Å². The van der Waals surface area contributed by atoms with Crippen molar-refractivity contribution in [3.8, 4) is 0 Å². The number of benzene rings is 2. The molecule has 0 saturated carbocycles. The van der Waals surface area contributed by atoms with Crippen molar-refractivity contribution in [2.24, 2.45) is 0 Å². The Morgan fingerprint density at radius 3 is 2.50 bits per heavy atom. The molecule has 0 unspecified atom stereocenters. The topological polar surface area (TPSA) is 41.1 Å². The number of amides is 2. The van der Waals surface area contributed by atoms with Gasteiger partial charge in [0.1, 0.15) is 0 Å². The lowest BCUT2D eigenvalue weighted by Crippen LogP contribution is -2.31. The van der Waals surface area contributed by atoms with Gasteiger partial charge in [0.05, 0.1) is 6.04 Å². The fourth-order valence-electron chi connectivity index (χ4n) is 2.16. The maximum atomic E-state index is 12.1. The molecule has 2 aromatic carbocycles. The van der Waals surface area contributed by atoms with Gasteiger partial charge in [-0.1, -0.05) is 41.4 Å². The van der Waals surface area contributed by atoms with Gasteiger partial charge in [-0.15, -0.1) is 0 Å². The van der Waals surface area contributed by atoms with Crippen LogP contribution in [0.1, 0.15) is 29.7 Å². The number of urea groups is 1. The minimum atomic E-state index is -0.271. The lowest BCUT2D eigenvalue weighted by molar-refractivity contribution is 0.249. The van der Waals surface area contributed by atoms with E-state index in [-0.39, 0.29) is 12.1 Å². The monoisotopic (exact) mass is 336 g/mol. The van der Waals surface area contributed by atoms with E-state index in [9.17, 15) is 4.79 Å². The molecule has 0 aliphatic rings. The first-order valence-corrected chi connectivity index (χ1v) is 7.72. The van der Waals surface area contributed by atoms with Crippen LogP contribution in [-0.2, 0) is 0 Å². The van der Waals surface area contributed by atoms with Crippen molar-refractivity contribution in [3.63, 3.8) is 0 Å². The van der Waals surface area contributed by atoms with E-state index >= 15 is 0 Å². The molecular formula is C17H18Cl2N2O. The number of carbonyl (C=O) groups excluding carboxylic acids is 1. The summed E-state index contributed by atoms with van der Waals surface area (Å²) in [7, 11) is 0. The summed E-state index contributed by atoms with van der Waals surface area (Å²) in [6.45, 7) is 5.81. The molecule has 1 atom stereocenters. The molecule has 2 amide bonds. The summed E-state index contributed by atoms with van der Waals surface area (Å²) in [5.41, 5.74) is 3.72. The van der Waals surface area contributed by atoms with Gasteiger partial charge in [-0.3, -0.25) is 0 Å². The third-order valence-electron chi connectivity index (χ3n) is 3.42. The number of anilines is 1. The Kier molecular flexibility index (Phi) is 5.33. The summed E-state index contributed by atoms with van der Waals surface area (Å²) in [6, 6.07) is 10.7. The molecule has 0 aliphatic carbocycles. The van der Waals surface area contributed by atoms with Crippen molar-refractivity contribution in [1.82, 2.24) is 5.32 Å². The average molecular weight is 337 g/mol. The molecule has 0 bridgehead atoms. The molecule has 5 heteroatoms. The largest absolute Gasteiger partial charge is 0.331 e. The Hall–Kier alpha value is -1.71. The molecule has 0 saturated heterocycles. The van der Waals surface area contributed by atoms with Crippen molar-refractivity contribution in [2.75, 3.05) is 5.32 Å². The maximum Gasteiger partial charge on any atom is 0.319 e. The van der Waals surface area contributed by atoms with Crippen LogP contribution in [0.5, 0.6) is 0 Å². The first kappa shape index (κ1) is 16.7. The van der Waals surface area contributed by atoms with Crippen LogP contribution in [-0.4, -0.2) is 6.03 Å². The predicted octanol–water partition coefficient (Wildman–Crippen LogP) is 5.49. The highest BCUT2D eigenvalue weighted by Gasteiger charge is 2.13. The zero-order chi connectivity index (χ0) is 16.3. The van der Waals surface area contributed by atoms with Crippen LogP contribution in [0.15, 0.2) is 36.4 Å². The molecule has 2 rings (SSSR count). The third kappa shape index (κ3) is 4.15. The Bertz CT molecular complexity index is 701. The van der Waals surface area contributed by atoms with Crippen LogP contribution in [0.2, 0.25) is 10.0 Å². The minimum absolute atomic E-state index is 0.227. The molecule has 0 radical (unpaired) electrons. The quantitative estimate of drug-likeness (QED) is 0.764. The number of nitrogens with one attached hydrogen (secondary N) is 2. The van der Waals surface area contributed by atoms with Crippen LogP contribution in [0, 0.1) is 13.8 Å². The van der Waals surface area contributed by atoms with E-state index in [2.05, 4.69) is 10.6 Å². The van der Waals surface area contributed by atoms with E-state index in [1.54, 1.807) is 12.1 Å². The molecule has 0 spiro atoms. The fourth-order valence-corrected chi connectivity index (χ4v) is 2.73. The summed E-state index contributed by atoms with van der Waals surface area (Å²) in [6.07, 6.45) is 0. The van der Waals surface area contributed by atoms with Crippen LogP contribution in [0.4, 0.5) is 10.5 Å². The zero-order valence-electron chi connectivity index (χ0n) is 12.7. The molecule has 3 nitrogen and oxygen atoms in total. The highest BCUT2D eigenvalue weighted by atomic mass is 35.5. The van der Waals surface area contributed by atoms with Gasteiger partial charge in [-0.25, -0.2) is 4.79 Å². The number of carbonyl (C=O) groups is 1. The Balaban J connectivity index is 2.06. The summed E-state index contributed by atoms with van der Waals surface area (Å²) >= 11 is 12.0. The van der Waals surface area contributed by atoms with Gasteiger partial charge in [-0.05, 0) is 55.7 Å². The highest BCUT2D eigenvalue weighted by molar-refractivity contribution is 6.35. The number of rotatable bonds is 3. The number of hydrogen-bond acceptors (Lipinski definition) is 1. The second kappa shape index (κ2) is 7.03. The second-order valence-electron chi connectivity index (χ2n) is 5.30. The number of hydrogen-bond donors (Lipinski definition) is 2. The molecule has 2 aromatic rings. The number of halogens is 2. The van der Waals surface area contributed by atoms with Gasteiger partial charge in [0, 0.05) is 15.7 Å². The molecule has 0 aromatic heterocycles. The van der Waals surface area contributed by atoms with E-state index in [0.29, 0.717) is 10.0 Å².